The van der Waals surface area contributed by atoms with Gasteiger partial charge in [0.25, 0.3) is 11.8 Å². The standard InChI is InChI=1S/C30H35FN4O5/c1-7-40-30(39)35-20(4)26(24-14-22(10-13-25(24)35)27(36)29(38)32(5)6)28(37)34-16-18(2)33(15-19(34)3)17-21-8-11-23(31)12-9-21/h8-14,18-19H,7,15-17H2,1-6H3/t18-,19+/m0/s1. The van der Waals surface area contributed by atoms with Gasteiger partial charge in [0.15, 0.2) is 0 Å². The van der Waals surface area contributed by atoms with Gasteiger partial charge in [-0.1, -0.05) is 12.1 Å². The molecule has 2 aromatic carbocycles. The molecule has 0 unspecified atom stereocenters. The summed E-state index contributed by atoms with van der Waals surface area (Å²) in [6.45, 7) is 9.18. The third-order valence-corrected chi connectivity index (χ3v) is 7.41. The Morgan fingerprint density at radius 1 is 1.00 bits per heavy atom. The lowest BCUT2D eigenvalue weighted by Crippen LogP contribution is -2.57. The first kappa shape index (κ1) is 28.9. The van der Waals surface area contributed by atoms with Crippen LogP contribution in [-0.2, 0) is 16.1 Å². The van der Waals surface area contributed by atoms with Gasteiger partial charge >= 0.3 is 6.09 Å². The molecule has 1 saturated heterocycles. The summed E-state index contributed by atoms with van der Waals surface area (Å²) >= 11 is 0. The first-order valence-electron chi connectivity index (χ1n) is 13.3. The van der Waals surface area contributed by atoms with Crippen LogP contribution in [0.25, 0.3) is 10.9 Å². The highest BCUT2D eigenvalue weighted by Gasteiger charge is 2.35. The number of piperazine rings is 1. The minimum absolute atomic E-state index is 0.0127. The van der Waals surface area contributed by atoms with Gasteiger partial charge in [-0.25, -0.2) is 13.8 Å². The lowest BCUT2D eigenvalue weighted by Gasteiger charge is -2.44. The van der Waals surface area contributed by atoms with Crippen LogP contribution in [0.5, 0.6) is 0 Å². The highest BCUT2D eigenvalue weighted by molar-refractivity contribution is 6.43. The number of halogens is 1. The zero-order chi connectivity index (χ0) is 29.3. The van der Waals surface area contributed by atoms with Crippen molar-refractivity contribution in [3.8, 4) is 0 Å². The summed E-state index contributed by atoms with van der Waals surface area (Å²) in [7, 11) is 2.99. The fourth-order valence-electron chi connectivity index (χ4n) is 5.25. The van der Waals surface area contributed by atoms with Gasteiger partial charge in [0, 0.05) is 62.5 Å². The van der Waals surface area contributed by atoms with Crippen LogP contribution in [-0.4, -0.2) is 88.8 Å². The zero-order valence-corrected chi connectivity index (χ0v) is 23.7. The Kier molecular flexibility index (Phi) is 8.39. The number of aromatic nitrogens is 1. The molecule has 1 fully saturated rings. The Hall–Kier alpha value is -4.05. The van der Waals surface area contributed by atoms with Gasteiger partial charge in [0.05, 0.1) is 17.7 Å². The van der Waals surface area contributed by atoms with Gasteiger partial charge < -0.3 is 14.5 Å². The van der Waals surface area contributed by atoms with Crippen LogP contribution in [0.15, 0.2) is 42.5 Å². The molecule has 0 bridgehead atoms. The SMILES string of the molecule is CCOC(=O)n1c(C)c(C(=O)N2C[C@H](C)N(Cc3ccc(F)cc3)C[C@H]2C)c2cc(C(=O)C(=O)N(C)C)ccc21. The molecule has 9 nitrogen and oxygen atoms in total. The summed E-state index contributed by atoms with van der Waals surface area (Å²) in [6.07, 6.45) is -0.627. The molecular formula is C30H35FN4O5. The molecule has 0 saturated carbocycles. The number of Topliss-reactive ketones (excluding diaryl/α,β-unsaturated/α-hetero) is 1. The molecule has 0 spiro atoms. The number of carbonyl (C=O) groups is 4. The van der Waals surface area contributed by atoms with Crippen LogP contribution in [0.3, 0.4) is 0 Å². The molecule has 2 amide bonds. The van der Waals surface area contributed by atoms with Gasteiger partial charge in [0.2, 0.25) is 5.78 Å². The largest absolute Gasteiger partial charge is 0.449 e. The van der Waals surface area contributed by atoms with Crippen molar-refractivity contribution in [1.82, 2.24) is 19.3 Å². The molecule has 4 rings (SSSR count). The van der Waals surface area contributed by atoms with Crippen molar-refractivity contribution in [2.45, 2.75) is 46.3 Å². The van der Waals surface area contributed by atoms with Crippen molar-refractivity contribution in [2.75, 3.05) is 33.8 Å². The average molecular weight is 551 g/mol. The molecule has 10 heteroatoms. The molecule has 212 valence electrons. The van der Waals surface area contributed by atoms with Gasteiger partial charge in [-0.05, 0) is 63.6 Å². The fourth-order valence-corrected chi connectivity index (χ4v) is 5.25. The van der Waals surface area contributed by atoms with Gasteiger partial charge in [-0.2, -0.15) is 0 Å². The Morgan fingerprint density at radius 3 is 2.30 bits per heavy atom. The lowest BCUT2D eigenvalue weighted by atomic mass is 10.0. The van der Waals surface area contributed by atoms with Crippen LogP contribution in [0.2, 0.25) is 0 Å². The Bertz CT molecular complexity index is 1460. The number of fused-ring (bicyclic) bond motifs is 1. The van der Waals surface area contributed by atoms with Crippen molar-refractivity contribution >= 4 is 34.6 Å². The molecular weight excluding hydrogens is 515 g/mol. The van der Waals surface area contributed by atoms with Gasteiger partial charge in [-0.3, -0.25) is 19.3 Å². The number of rotatable bonds is 6. The van der Waals surface area contributed by atoms with Crippen molar-refractivity contribution in [1.29, 1.82) is 0 Å². The summed E-state index contributed by atoms with van der Waals surface area (Å²) in [6, 6.07) is 10.8. The smallest absolute Gasteiger partial charge is 0.418 e. The normalized spacial score (nSPS) is 17.6. The van der Waals surface area contributed by atoms with E-state index in [1.165, 1.54) is 47.8 Å². The minimum atomic E-state index is -0.705. The number of hydrogen-bond acceptors (Lipinski definition) is 6. The second kappa shape index (κ2) is 11.6. The summed E-state index contributed by atoms with van der Waals surface area (Å²) in [4.78, 5) is 57.5. The molecule has 40 heavy (non-hydrogen) atoms. The highest BCUT2D eigenvalue weighted by Crippen LogP contribution is 2.31. The number of amides is 2. The molecule has 2 heterocycles. The Labute approximate surface area is 233 Å². The van der Waals surface area contributed by atoms with Crippen molar-refractivity contribution in [3.63, 3.8) is 0 Å². The first-order chi connectivity index (χ1) is 18.9. The van der Waals surface area contributed by atoms with E-state index in [1.54, 1.807) is 36.9 Å². The van der Waals surface area contributed by atoms with Crippen LogP contribution in [0.1, 0.15) is 52.7 Å². The van der Waals surface area contributed by atoms with Gasteiger partial charge in [-0.15, -0.1) is 0 Å². The number of hydrogen-bond donors (Lipinski definition) is 0. The van der Waals surface area contributed by atoms with E-state index in [1.807, 2.05) is 13.8 Å². The van der Waals surface area contributed by atoms with E-state index >= 15 is 0 Å². The molecule has 3 aromatic rings. The molecule has 1 aromatic heterocycles. The van der Waals surface area contributed by atoms with E-state index in [2.05, 4.69) is 4.90 Å². The van der Waals surface area contributed by atoms with E-state index in [-0.39, 0.29) is 36.0 Å². The quantitative estimate of drug-likeness (QED) is 0.339. The maximum atomic E-state index is 14.2. The lowest BCUT2D eigenvalue weighted by molar-refractivity contribution is -0.124. The number of nitrogens with zero attached hydrogens (tertiary/aromatic N) is 4. The highest BCUT2D eigenvalue weighted by atomic mass is 19.1. The van der Waals surface area contributed by atoms with Crippen LogP contribution < -0.4 is 0 Å². The summed E-state index contributed by atoms with van der Waals surface area (Å²) in [5.74, 6) is -1.94. The summed E-state index contributed by atoms with van der Waals surface area (Å²) in [5.41, 5.74) is 2.23. The predicted molar refractivity (Wildman–Crippen MR) is 149 cm³/mol. The fraction of sp³-hybridized carbons (Fsp3) is 0.400. The topological polar surface area (TPSA) is 92.2 Å². The predicted octanol–water partition coefficient (Wildman–Crippen LogP) is 4.10. The van der Waals surface area contributed by atoms with Crippen molar-refractivity contribution in [3.05, 3.63) is 70.7 Å². The van der Waals surface area contributed by atoms with E-state index in [9.17, 15) is 23.6 Å². The Balaban J connectivity index is 1.71. The third-order valence-electron chi connectivity index (χ3n) is 7.41. The maximum Gasteiger partial charge on any atom is 0.418 e. The maximum absolute atomic E-state index is 14.2. The van der Waals surface area contributed by atoms with E-state index in [0.29, 0.717) is 41.8 Å². The van der Waals surface area contributed by atoms with Gasteiger partial charge in [0.1, 0.15) is 5.82 Å². The average Bonchev–Trinajstić information content (AvgIpc) is 3.21. The summed E-state index contributed by atoms with van der Waals surface area (Å²) < 4.78 is 20.0. The van der Waals surface area contributed by atoms with Crippen molar-refractivity contribution < 1.29 is 28.3 Å². The van der Waals surface area contributed by atoms with E-state index in [4.69, 9.17) is 4.74 Å². The first-order valence-corrected chi connectivity index (χ1v) is 13.3. The number of benzene rings is 2. The molecule has 0 N–H and O–H groups in total. The number of likely N-dealkylation sites (N-methyl/N-ethyl adjacent to an activating group) is 1. The second-order valence-electron chi connectivity index (χ2n) is 10.5. The molecule has 2 atom stereocenters. The molecule has 1 aliphatic heterocycles. The zero-order valence-electron chi connectivity index (χ0n) is 23.7. The Morgan fingerprint density at radius 2 is 1.68 bits per heavy atom. The molecule has 0 aliphatic carbocycles. The number of carbonyl (C=O) groups excluding carboxylic acids is 4. The molecule has 0 radical (unpaired) electrons. The third kappa shape index (κ3) is 5.49. The number of ether oxygens (including phenoxy) is 1. The van der Waals surface area contributed by atoms with Crippen LogP contribution in [0, 0.1) is 12.7 Å². The van der Waals surface area contributed by atoms with Crippen LogP contribution >= 0.6 is 0 Å². The molecule has 1 aliphatic rings. The minimum Gasteiger partial charge on any atom is -0.449 e. The van der Waals surface area contributed by atoms with Crippen LogP contribution in [0.4, 0.5) is 9.18 Å². The van der Waals surface area contributed by atoms with E-state index < -0.39 is 17.8 Å². The summed E-state index contributed by atoms with van der Waals surface area (Å²) in [5, 5.41) is 0.404. The number of ketones is 1. The van der Waals surface area contributed by atoms with E-state index in [0.717, 1.165) is 5.56 Å². The van der Waals surface area contributed by atoms with Crippen molar-refractivity contribution in [2.24, 2.45) is 0 Å². The monoisotopic (exact) mass is 550 g/mol. The second-order valence-corrected chi connectivity index (χ2v) is 10.5.